The molecule has 0 saturated heterocycles. The summed E-state index contributed by atoms with van der Waals surface area (Å²) < 4.78 is 0. The van der Waals surface area contributed by atoms with Crippen LogP contribution in [0.5, 0.6) is 0 Å². The van der Waals surface area contributed by atoms with Crippen LogP contribution in [0.2, 0.25) is 0 Å². The lowest BCUT2D eigenvalue weighted by Crippen LogP contribution is -1.91. The van der Waals surface area contributed by atoms with Crippen LogP contribution in [-0.2, 0) is 0 Å². The van der Waals surface area contributed by atoms with Gasteiger partial charge in [0.15, 0.2) is 0 Å². The minimum Gasteiger partial charge on any atom is -0.462 e. The Morgan fingerprint density at radius 2 is 1.75 bits per heavy atom. The molecule has 0 aliphatic rings. The Hall–Kier alpha value is -1.94. The fraction of sp³-hybridized carbons (Fsp3) is 0.200. The highest BCUT2D eigenvalue weighted by atomic mass is 16.2. The summed E-state index contributed by atoms with van der Waals surface area (Å²) in [7, 11) is 0. The summed E-state index contributed by atoms with van der Waals surface area (Å²) in [6, 6.07) is 12.2. The van der Waals surface area contributed by atoms with Crippen LogP contribution < -0.4 is 0 Å². The van der Waals surface area contributed by atoms with Gasteiger partial charge in [-0.2, -0.15) is 0 Å². The van der Waals surface area contributed by atoms with Gasteiger partial charge >= 0.3 is 0 Å². The zero-order valence-corrected chi connectivity index (χ0v) is 9.49. The van der Waals surface area contributed by atoms with E-state index in [1.54, 1.807) is 0 Å². The summed E-state index contributed by atoms with van der Waals surface area (Å²) in [5.74, 6) is 3.20. The number of aliphatic hydroxyl groups excluding tert-OH is 1. The number of hydrogen-bond acceptors (Lipinski definition) is 1. The van der Waals surface area contributed by atoms with Crippen LogP contribution in [0.1, 0.15) is 30.9 Å². The Morgan fingerprint density at radius 1 is 1.06 bits per heavy atom. The molecular weight excluding hydrogens is 196 g/mol. The molecule has 0 aliphatic heterocycles. The zero-order chi connectivity index (χ0) is 11.5. The summed E-state index contributed by atoms with van der Waals surface area (Å²) in [6.45, 7) is 4.33. The lowest BCUT2D eigenvalue weighted by atomic mass is 9.93. The van der Waals surface area contributed by atoms with Crippen molar-refractivity contribution in [2.75, 3.05) is 0 Å². The summed E-state index contributed by atoms with van der Waals surface area (Å²) in [4.78, 5) is 0. The van der Waals surface area contributed by atoms with E-state index >= 15 is 0 Å². The third-order valence-electron chi connectivity index (χ3n) is 2.75. The average Bonchev–Trinajstić information content (AvgIpc) is 2.29. The summed E-state index contributed by atoms with van der Waals surface area (Å²) in [6.07, 6.45) is 1.99. The second-order valence-electron chi connectivity index (χ2n) is 4.14. The van der Waals surface area contributed by atoms with Crippen molar-refractivity contribution in [1.29, 1.82) is 0 Å². The molecule has 16 heavy (non-hydrogen) atoms. The van der Waals surface area contributed by atoms with Gasteiger partial charge in [-0.1, -0.05) is 44.2 Å². The van der Waals surface area contributed by atoms with Crippen LogP contribution in [0.25, 0.3) is 10.8 Å². The maximum Gasteiger partial charge on any atom is 0.113 e. The first-order valence-electron chi connectivity index (χ1n) is 5.41. The van der Waals surface area contributed by atoms with Crippen molar-refractivity contribution >= 4 is 10.8 Å². The Labute approximate surface area is 95.7 Å². The molecule has 0 spiro atoms. The van der Waals surface area contributed by atoms with Crippen LogP contribution in [0.3, 0.4) is 0 Å². The molecule has 0 radical (unpaired) electrons. The highest BCUT2D eigenvalue weighted by Crippen LogP contribution is 2.27. The number of benzene rings is 2. The molecule has 2 aromatic rings. The molecular formula is C15H14O. The van der Waals surface area contributed by atoms with Crippen molar-refractivity contribution in [3.8, 4) is 12.0 Å². The van der Waals surface area contributed by atoms with Crippen LogP contribution in [-0.4, -0.2) is 5.11 Å². The first-order valence-corrected chi connectivity index (χ1v) is 5.41. The second kappa shape index (κ2) is 4.28. The lowest BCUT2D eigenvalue weighted by molar-refractivity contribution is 0.517. The highest BCUT2D eigenvalue weighted by Gasteiger charge is 2.07. The smallest absolute Gasteiger partial charge is 0.113 e. The first-order chi connectivity index (χ1) is 7.74. The van der Waals surface area contributed by atoms with Crippen molar-refractivity contribution in [1.82, 2.24) is 0 Å². The fourth-order valence-electron chi connectivity index (χ4n) is 2.02. The maximum atomic E-state index is 8.75. The Bertz CT molecular complexity index is 565. The van der Waals surface area contributed by atoms with E-state index < -0.39 is 0 Å². The summed E-state index contributed by atoms with van der Waals surface area (Å²) in [5.41, 5.74) is 2.17. The largest absolute Gasteiger partial charge is 0.462 e. The molecule has 0 saturated carbocycles. The van der Waals surface area contributed by atoms with Gasteiger partial charge in [0.25, 0.3) is 0 Å². The van der Waals surface area contributed by atoms with Gasteiger partial charge in [0.05, 0.1) is 0 Å². The Morgan fingerprint density at radius 3 is 2.38 bits per heavy atom. The second-order valence-corrected chi connectivity index (χ2v) is 4.14. The van der Waals surface area contributed by atoms with Gasteiger partial charge in [0.2, 0.25) is 0 Å². The van der Waals surface area contributed by atoms with Crippen molar-refractivity contribution in [2.45, 2.75) is 19.8 Å². The van der Waals surface area contributed by atoms with Gasteiger partial charge in [0.1, 0.15) is 6.11 Å². The van der Waals surface area contributed by atoms with Crippen molar-refractivity contribution in [3.05, 3.63) is 47.5 Å². The molecule has 0 aromatic heterocycles. The fourth-order valence-corrected chi connectivity index (χ4v) is 2.02. The van der Waals surface area contributed by atoms with E-state index in [2.05, 4.69) is 44.0 Å². The van der Waals surface area contributed by atoms with E-state index in [0.717, 1.165) is 10.9 Å². The van der Waals surface area contributed by atoms with Gasteiger partial charge in [-0.3, -0.25) is 0 Å². The van der Waals surface area contributed by atoms with Crippen molar-refractivity contribution in [3.63, 3.8) is 0 Å². The predicted octanol–water partition coefficient (Wildman–Crippen LogP) is 3.64. The van der Waals surface area contributed by atoms with E-state index in [9.17, 15) is 0 Å². The van der Waals surface area contributed by atoms with E-state index in [1.807, 2.05) is 18.2 Å². The Balaban J connectivity index is 2.85. The summed E-state index contributed by atoms with van der Waals surface area (Å²) in [5, 5.41) is 11.1. The van der Waals surface area contributed by atoms with Gasteiger partial charge in [-0.05, 0) is 28.9 Å². The van der Waals surface area contributed by atoms with Crippen LogP contribution in [0.4, 0.5) is 0 Å². The normalized spacial score (nSPS) is 10.2. The van der Waals surface area contributed by atoms with Crippen molar-refractivity contribution in [2.24, 2.45) is 0 Å². The van der Waals surface area contributed by atoms with E-state index in [4.69, 9.17) is 5.11 Å². The van der Waals surface area contributed by atoms with Gasteiger partial charge in [-0.15, -0.1) is 0 Å². The van der Waals surface area contributed by atoms with Crippen LogP contribution in [0.15, 0.2) is 36.4 Å². The number of hydrogen-bond donors (Lipinski definition) is 1. The predicted molar refractivity (Wildman–Crippen MR) is 66.9 cm³/mol. The molecule has 0 aliphatic carbocycles. The number of fused-ring (bicyclic) bond motifs is 1. The van der Waals surface area contributed by atoms with Crippen molar-refractivity contribution < 1.29 is 5.11 Å². The minimum absolute atomic E-state index is 0.449. The molecule has 80 valence electrons. The molecule has 0 unspecified atom stereocenters. The maximum absolute atomic E-state index is 8.75. The van der Waals surface area contributed by atoms with Crippen LogP contribution in [0, 0.1) is 12.0 Å². The standard InChI is InChI=1S/C15H14O/c1-11(2)14-8-4-7-12-5-3-6-13(9-10-16)15(12)14/h3-8,11,16H,1-2H3. The molecule has 2 rings (SSSR count). The van der Waals surface area contributed by atoms with E-state index in [-0.39, 0.29) is 0 Å². The van der Waals surface area contributed by atoms with E-state index in [1.165, 1.54) is 10.9 Å². The molecule has 0 heterocycles. The van der Waals surface area contributed by atoms with Gasteiger partial charge < -0.3 is 5.11 Å². The molecule has 0 amide bonds. The topological polar surface area (TPSA) is 20.2 Å². The third kappa shape index (κ3) is 1.75. The quantitative estimate of drug-likeness (QED) is 0.712. The van der Waals surface area contributed by atoms with Gasteiger partial charge in [-0.25, -0.2) is 0 Å². The SMILES string of the molecule is CC(C)c1cccc2cccc(C#CO)c12. The van der Waals surface area contributed by atoms with E-state index in [0.29, 0.717) is 5.92 Å². The van der Waals surface area contributed by atoms with Gasteiger partial charge in [0, 0.05) is 10.9 Å². The molecule has 1 heteroatoms. The molecule has 0 atom stereocenters. The lowest BCUT2D eigenvalue weighted by Gasteiger charge is -2.11. The molecule has 1 nitrogen and oxygen atoms in total. The first kappa shape index (κ1) is 10.6. The average molecular weight is 210 g/mol. The Kier molecular flexibility index (Phi) is 2.83. The summed E-state index contributed by atoms with van der Waals surface area (Å²) >= 11 is 0. The van der Waals surface area contributed by atoms with Crippen LogP contribution >= 0.6 is 0 Å². The monoisotopic (exact) mass is 210 g/mol. The molecule has 1 N–H and O–H groups in total. The minimum atomic E-state index is 0.449. The molecule has 0 bridgehead atoms. The molecule has 0 fully saturated rings. The highest BCUT2D eigenvalue weighted by molar-refractivity contribution is 5.91. The molecule has 2 aromatic carbocycles. The third-order valence-corrected chi connectivity index (χ3v) is 2.75. The number of aliphatic hydroxyl groups is 1. The number of rotatable bonds is 1. The zero-order valence-electron chi connectivity index (χ0n) is 9.49.